The van der Waals surface area contributed by atoms with Crippen molar-refractivity contribution >= 4 is 28.9 Å². The van der Waals surface area contributed by atoms with E-state index in [2.05, 4.69) is 40.1 Å². The molecule has 286 valence electrons. The van der Waals surface area contributed by atoms with Crippen molar-refractivity contribution in [2.45, 2.75) is 63.8 Å². The molecule has 1 N–H and O–H groups in total. The molecule has 1 amide bonds. The number of benzene rings is 1. The number of esters is 1. The number of hydrazine groups is 1. The molecule has 0 atom stereocenters. The number of nitrogens with zero attached hydrogens (tertiary/aromatic N) is 10. The summed E-state index contributed by atoms with van der Waals surface area (Å²) in [6, 6.07) is 11.2. The highest BCUT2D eigenvalue weighted by molar-refractivity contribution is 5.95. The highest BCUT2D eigenvalue weighted by atomic mass is 19.4. The van der Waals surface area contributed by atoms with E-state index in [4.69, 9.17) is 4.74 Å². The molecule has 1 aliphatic heterocycles. The average Bonchev–Trinajstić information content (AvgIpc) is 3.57. The van der Waals surface area contributed by atoms with Crippen molar-refractivity contribution in [1.29, 1.82) is 5.26 Å². The van der Waals surface area contributed by atoms with Crippen LogP contribution in [0, 0.1) is 11.3 Å². The summed E-state index contributed by atoms with van der Waals surface area (Å²) in [6.07, 6.45) is 1.65. The van der Waals surface area contributed by atoms with Gasteiger partial charge < -0.3 is 19.1 Å². The number of rotatable bonds is 12. The standard InChI is InChI=1S/C37H44F3N11O3/c1-47(2)15-8-16-50-24-42-32-33(50)44-31(22-41)45-34(32)51(26-9-5-4-6-10-26)46-35(52)29-12-7-11-28(43-29)27-14-13-25(23-49-19-17-48(3)18-20-49)21-30(27)54-36(53)37(38,39)40/h7,11-14,21,24,26H,4-6,8-10,15-20,23H2,1-3H3,(H,46,52). The molecule has 14 nitrogen and oxygen atoms in total. The van der Waals surface area contributed by atoms with Crippen molar-refractivity contribution < 1.29 is 27.5 Å². The van der Waals surface area contributed by atoms with Gasteiger partial charge in [0.25, 0.3) is 5.91 Å². The molecule has 0 unspecified atom stereocenters. The Balaban J connectivity index is 1.31. The highest BCUT2D eigenvalue weighted by Crippen LogP contribution is 2.33. The average molecular weight is 748 g/mol. The number of hydrogen-bond donors (Lipinski definition) is 1. The van der Waals surface area contributed by atoms with Crippen LogP contribution in [-0.4, -0.2) is 117 Å². The number of likely N-dealkylation sites (N-methyl/N-ethyl adjacent to an activating group) is 1. The number of carbonyl (C=O) groups is 2. The number of aromatic nitrogens is 5. The fourth-order valence-corrected chi connectivity index (χ4v) is 6.79. The minimum Gasteiger partial charge on any atom is -0.419 e. The van der Waals surface area contributed by atoms with Crippen LogP contribution in [0.15, 0.2) is 42.7 Å². The summed E-state index contributed by atoms with van der Waals surface area (Å²) >= 11 is 0. The largest absolute Gasteiger partial charge is 0.491 e. The van der Waals surface area contributed by atoms with E-state index in [0.717, 1.165) is 71.2 Å². The topological polar surface area (TPSA) is 149 Å². The Kier molecular flexibility index (Phi) is 12.0. The first-order valence-corrected chi connectivity index (χ1v) is 18.1. The maximum Gasteiger partial charge on any atom is 0.491 e. The Labute approximate surface area is 311 Å². The highest BCUT2D eigenvalue weighted by Gasteiger charge is 2.42. The number of halogens is 3. The maximum atomic E-state index is 14.1. The molecule has 0 radical (unpaired) electrons. The van der Waals surface area contributed by atoms with E-state index in [-0.39, 0.29) is 40.4 Å². The summed E-state index contributed by atoms with van der Waals surface area (Å²) in [7, 11) is 6.00. The number of anilines is 1. The van der Waals surface area contributed by atoms with E-state index in [9.17, 15) is 28.0 Å². The van der Waals surface area contributed by atoms with Gasteiger partial charge in [0.05, 0.1) is 18.1 Å². The van der Waals surface area contributed by atoms with Crippen molar-refractivity contribution in [2.75, 3.05) is 58.9 Å². The third-order valence-electron chi connectivity index (χ3n) is 9.68. The number of pyridine rings is 1. The van der Waals surface area contributed by atoms with Crippen molar-refractivity contribution in [3.63, 3.8) is 0 Å². The minimum absolute atomic E-state index is 0.0389. The number of imidazole rings is 1. The number of nitrogens with one attached hydrogen (secondary N) is 1. The van der Waals surface area contributed by atoms with Gasteiger partial charge in [0.2, 0.25) is 5.82 Å². The Morgan fingerprint density at radius 3 is 2.50 bits per heavy atom. The fourth-order valence-electron chi connectivity index (χ4n) is 6.79. The lowest BCUT2D eigenvalue weighted by atomic mass is 9.95. The van der Waals surface area contributed by atoms with E-state index in [1.165, 1.54) is 18.2 Å². The first kappa shape index (κ1) is 38.5. The van der Waals surface area contributed by atoms with Crippen LogP contribution in [0.1, 0.15) is 60.4 Å². The van der Waals surface area contributed by atoms with Gasteiger partial charge in [0.15, 0.2) is 17.0 Å². The van der Waals surface area contributed by atoms with Crippen LogP contribution in [0.25, 0.3) is 22.4 Å². The molecule has 2 fully saturated rings. The second-order valence-electron chi connectivity index (χ2n) is 14.1. The zero-order valence-electron chi connectivity index (χ0n) is 30.6. The van der Waals surface area contributed by atoms with E-state index >= 15 is 0 Å². The zero-order chi connectivity index (χ0) is 38.4. The number of fused-ring (bicyclic) bond motifs is 1. The van der Waals surface area contributed by atoms with E-state index in [1.807, 2.05) is 31.8 Å². The number of aryl methyl sites for hydroxylation is 1. The molecule has 3 aromatic heterocycles. The van der Waals surface area contributed by atoms with E-state index in [0.29, 0.717) is 29.8 Å². The summed E-state index contributed by atoms with van der Waals surface area (Å²) in [5, 5.41) is 11.5. The van der Waals surface area contributed by atoms with Crippen LogP contribution in [0.3, 0.4) is 0 Å². The molecule has 17 heteroatoms. The van der Waals surface area contributed by atoms with Crippen molar-refractivity contribution in [3.05, 3.63) is 59.8 Å². The molecule has 1 saturated carbocycles. The van der Waals surface area contributed by atoms with Gasteiger partial charge in [-0.25, -0.2) is 14.8 Å². The van der Waals surface area contributed by atoms with E-state index < -0.39 is 18.1 Å². The summed E-state index contributed by atoms with van der Waals surface area (Å²) in [5.74, 6) is -3.06. The number of ether oxygens (including phenoxy) is 1. The minimum atomic E-state index is -5.22. The molecule has 6 rings (SSSR count). The lowest BCUT2D eigenvalue weighted by Gasteiger charge is -2.35. The first-order valence-electron chi connectivity index (χ1n) is 18.1. The first-order chi connectivity index (χ1) is 25.9. The van der Waals surface area contributed by atoms with Gasteiger partial charge in [-0.2, -0.15) is 28.4 Å². The molecule has 1 saturated heterocycles. The fraction of sp³-hybridized carbons (Fsp3) is 0.486. The zero-order valence-corrected chi connectivity index (χ0v) is 30.6. The number of carbonyl (C=O) groups excluding carboxylic acids is 2. The second kappa shape index (κ2) is 16.9. The van der Waals surface area contributed by atoms with E-state index in [1.54, 1.807) is 29.5 Å². The van der Waals surface area contributed by atoms with Gasteiger partial charge in [-0.05, 0) is 76.8 Å². The lowest BCUT2D eigenvalue weighted by Crippen LogP contribution is -2.50. The molecule has 4 heterocycles. The van der Waals surface area contributed by atoms with Crippen LogP contribution in [-0.2, 0) is 17.9 Å². The molecular formula is C37H44F3N11O3. The van der Waals surface area contributed by atoms with Gasteiger partial charge in [0.1, 0.15) is 17.5 Å². The number of piperazine rings is 1. The Morgan fingerprint density at radius 2 is 1.80 bits per heavy atom. The van der Waals surface area contributed by atoms with Crippen LogP contribution in [0.4, 0.5) is 19.0 Å². The summed E-state index contributed by atoms with van der Waals surface area (Å²) in [6.45, 7) is 5.17. The van der Waals surface area contributed by atoms with Crippen LogP contribution in [0.5, 0.6) is 5.75 Å². The molecule has 0 bridgehead atoms. The quantitative estimate of drug-likeness (QED) is 0.124. The smallest absolute Gasteiger partial charge is 0.419 e. The molecule has 4 aromatic rings. The van der Waals surface area contributed by atoms with Gasteiger partial charge in [-0.3, -0.25) is 20.1 Å². The second-order valence-corrected chi connectivity index (χ2v) is 14.1. The summed E-state index contributed by atoms with van der Waals surface area (Å²) in [4.78, 5) is 50.7. The van der Waals surface area contributed by atoms with Gasteiger partial charge in [-0.15, -0.1) is 0 Å². The molecule has 2 aliphatic rings. The number of amides is 1. The van der Waals surface area contributed by atoms with Crippen LogP contribution >= 0.6 is 0 Å². The predicted octanol–water partition coefficient (Wildman–Crippen LogP) is 4.41. The molecular weight excluding hydrogens is 703 g/mol. The summed E-state index contributed by atoms with van der Waals surface area (Å²) < 4.78 is 47.0. The third-order valence-corrected chi connectivity index (χ3v) is 9.68. The normalized spacial score (nSPS) is 16.0. The van der Waals surface area contributed by atoms with Crippen LogP contribution < -0.4 is 15.2 Å². The molecule has 1 aromatic carbocycles. The van der Waals surface area contributed by atoms with Crippen molar-refractivity contribution in [1.82, 2.24) is 44.6 Å². The number of nitriles is 1. The van der Waals surface area contributed by atoms with Crippen molar-refractivity contribution in [3.8, 4) is 23.1 Å². The van der Waals surface area contributed by atoms with Gasteiger partial charge in [0, 0.05) is 44.8 Å². The Hall–Kier alpha value is -5.18. The maximum absolute atomic E-state index is 14.1. The van der Waals surface area contributed by atoms with Gasteiger partial charge in [-0.1, -0.05) is 31.4 Å². The lowest BCUT2D eigenvalue weighted by molar-refractivity contribution is -0.189. The predicted molar refractivity (Wildman–Crippen MR) is 194 cm³/mol. The molecule has 54 heavy (non-hydrogen) atoms. The van der Waals surface area contributed by atoms with Gasteiger partial charge >= 0.3 is 12.1 Å². The van der Waals surface area contributed by atoms with Crippen LogP contribution in [0.2, 0.25) is 0 Å². The third kappa shape index (κ3) is 9.30. The number of alkyl halides is 3. The molecule has 1 aliphatic carbocycles. The molecule has 0 spiro atoms. The Bertz CT molecular complexity index is 2000. The number of hydrogen-bond acceptors (Lipinski definition) is 12. The monoisotopic (exact) mass is 747 g/mol. The Morgan fingerprint density at radius 1 is 1.04 bits per heavy atom. The summed E-state index contributed by atoms with van der Waals surface area (Å²) in [5.41, 5.74) is 4.75. The van der Waals surface area contributed by atoms with Crippen molar-refractivity contribution in [2.24, 2.45) is 0 Å². The SMILES string of the molecule is CN(C)CCCn1cnc2c(N(NC(=O)c3cccc(-c4ccc(CN5CCN(C)CC5)cc4OC(=O)C(F)(F)F)n3)C3CCCCC3)nc(C#N)nc21.